The summed E-state index contributed by atoms with van der Waals surface area (Å²) in [6, 6.07) is 0. The number of rotatable bonds is 15. The van der Waals surface area contributed by atoms with Crippen LogP contribution < -0.4 is 10.6 Å². The molecule has 3 N–H and O–H groups in total. The SMILES string of the molecule is CCCCCC(=O)NCC(=O)NC[C@@H]1[C@H](CCC=CCCCC(=O)O)[C@@H]2CC[C@H]1O2. The number of carbonyl (C=O) groups excluding carboxylic acids is 2. The first-order valence-electron chi connectivity index (χ1n) is 11.6. The zero-order chi connectivity index (χ0) is 21.8. The number of hydrogen-bond donors (Lipinski definition) is 3. The van der Waals surface area contributed by atoms with Gasteiger partial charge in [-0.1, -0.05) is 31.9 Å². The van der Waals surface area contributed by atoms with Gasteiger partial charge in [0.1, 0.15) is 0 Å². The molecule has 2 rings (SSSR count). The Balaban J connectivity index is 1.65. The summed E-state index contributed by atoms with van der Waals surface area (Å²) in [5, 5.41) is 14.3. The molecule has 0 aromatic heterocycles. The first kappa shape index (κ1) is 24.4. The van der Waals surface area contributed by atoms with Gasteiger partial charge in [0.05, 0.1) is 18.8 Å². The largest absolute Gasteiger partial charge is 0.481 e. The summed E-state index contributed by atoms with van der Waals surface area (Å²) in [4.78, 5) is 34.4. The van der Waals surface area contributed by atoms with E-state index in [4.69, 9.17) is 9.84 Å². The van der Waals surface area contributed by atoms with E-state index in [1.54, 1.807) is 0 Å². The van der Waals surface area contributed by atoms with Crippen molar-refractivity contribution in [1.82, 2.24) is 10.6 Å². The van der Waals surface area contributed by atoms with Crippen LogP contribution in [0.2, 0.25) is 0 Å². The van der Waals surface area contributed by atoms with Crippen LogP contribution >= 0.6 is 0 Å². The molecule has 2 aliphatic heterocycles. The molecular weight excluding hydrogens is 384 g/mol. The molecule has 0 aliphatic carbocycles. The molecule has 0 aromatic rings. The van der Waals surface area contributed by atoms with E-state index in [1.165, 1.54) is 0 Å². The van der Waals surface area contributed by atoms with Gasteiger partial charge in [-0.2, -0.15) is 0 Å². The minimum absolute atomic E-state index is 0.0381. The molecule has 7 heteroatoms. The first-order valence-corrected chi connectivity index (χ1v) is 11.6. The number of amides is 2. The molecular formula is C23H38N2O5. The zero-order valence-electron chi connectivity index (χ0n) is 18.2. The molecule has 2 aliphatic rings. The summed E-state index contributed by atoms with van der Waals surface area (Å²) in [6.07, 6.45) is 14.0. The van der Waals surface area contributed by atoms with Gasteiger partial charge in [0, 0.05) is 25.3 Å². The van der Waals surface area contributed by atoms with Gasteiger partial charge >= 0.3 is 5.97 Å². The van der Waals surface area contributed by atoms with Gasteiger partial charge in [0.2, 0.25) is 11.8 Å². The summed E-state index contributed by atoms with van der Waals surface area (Å²) in [7, 11) is 0. The molecule has 2 amide bonds. The summed E-state index contributed by atoms with van der Waals surface area (Å²) in [6.45, 7) is 2.73. The fourth-order valence-corrected chi connectivity index (χ4v) is 4.55. The van der Waals surface area contributed by atoms with Crippen LogP contribution in [0.25, 0.3) is 0 Å². The number of fused-ring (bicyclic) bond motifs is 2. The summed E-state index contributed by atoms with van der Waals surface area (Å²) in [5.74, 6) is -0.179. The van der Waals surface area contributed by atoms with E-state index in [9.17, 15) is 14.4 Å². The van der Waals surface area contributed by atoms with Crippen LogP contribution in [0.15, 0.2) is 12.2 Å². The average molecular weight is 423 g/mol. The molecule has 0 radical (unpaired) electrons. The summed E-state index contributed by atoms with van der Waals surface area (Å²) < 4.78 is 6.09. The maximum atomic E-state index is 12.1. The van der Waals surface area contributed by atoms with Gasteiger partial charge in [-0.3, -0.25) is 14.4 Å². The normalized spacial score (nSPS) is 25.0. The number of unbranched alkanes of at least 4 members (excludes halogenated alkanes) is 3. The molecule has 4 atom stereocenters. The number of carboxylic acid groups (broad SMARTS) is 1. The van der Waals surface area contributed by atoms with E-state index < -0.39 is 5.97 Å². The van der Waals surface area contributed by atoms with E-state index in [2.05, 4.69) is 29.7 Å². The van der Waals surface area contributed by atoms with Gasteiger partial charge in [-0.05, 0) is 50.9 Å². The zero-order valence-corrected chi connectivity index (χ0v) is 18.2. The minimum atomic E-state index is -0.747. The predicted molar refractivity (Wildman–Crippen MR) is 115 cm³/mol. The van der Waals surface area contributed by atoms with Crippen molar-refractivity contribution < 1.29 is 24.2 Å². The number of allylic oxidation sites excluding steroid dienone is 2. The Labute approximate surface area is 180 Å². The molecule has 0 spiro atoms. The Hall–Kier alpha value is -1.89. The number of hydrogen-bond acceptors (Lipinski definition) is 4. The third kappa shape index (κ3) is 8.46. The lowest BCUT2D eigenvalue weighted by Gasteiger charge is -2.28. The summed E-state index contributed by atoms with van der Waals surface area (Å²) >= 11 is 0. The Morgan fingerprint density at radius 1 is 0.933 bits per heavy atom. The molecule has 0 saturated carbocycles. The van der Waals surface area contributed by atoms with Gasteiger partial charge in [-0.25, -0.2) is 0 Å². The smallest absolute Gasteiger partial charge is 0.303 e. The number of carbonyl (C=O) groups is 3. The summed E-state index contributed by atoms with van der Waals surface area (Å²) in [5.41, 5.74) is 0. The molecule has 30 heavy (non-hydrogen) atoms. The highest BCUT2D eigenvalue weighted by atomic mass is 16.5. The van der Waals surface area contributed by atoms with Crippen molar-refractivity contribution in [2.24, 2.45) is 11.8 Å². The van der Waals surface area contributed by atoms with Crippen molar-refractivity contribution in [2.75, 3.05) is 13.1 Å². The lowest BCUT2D eigenvalue weighted by Crippen LogP contribution is -2.42. The van der Waals surface area contributed by atoms with E-state index in [1.807, 2.05) is 0 Å². The van der Waals surface area contributed by atoms with Crippen molar-refractivity contribution in [1.29, 1.82) is 0 Å². The van der Waals surface area contributed by atoms with Gasteiger partial charge < -0.3 is 20.5 Å². The topological polar surface area (TPSA) is 105 Å². The highest BCUT2D eigenvalue weighted by molar-refractivity contribution is 5.84. The first-order chi connectivity index (χ1) is 14.5. The Bertz CT molecular complexity index is 592. The Kier molecular flexibility index (Phi) is 10.9. The van der Waals surface area contributed by atoms with E-state index in [-0.39, 0.29) is 37.0 Å². The maximum Gasteiger partial charge on any atom is 0.303 e. The minimum Gasteiger partial charge on any atom is -0.481 e. The third-order valence-corrected chi connectivity index (χ3v) is 6.17. The lowest BCUT2D eigenvalue weighted by molar-refractivity contribution is -0.137. The number of aliphatic carboxylic acids is 1. The second-order valence-electron chi connectivity index (χ2n) is 8.49. The average Bonchev–Trinajstić information content (AvgIpc) is 3.31. The predicted octanol–water partition coefficient (Wildman–Crippen LogP) is 3.18. The molecule has 170 valence electrons. The van der Waals surface area contributed by atoms with Crippen molar-refractivity contribution in [3.8, 4) is 0 Å². The van der Waals surface area contributed by atoms with Crippen LogP contribution in [-0.4, -0.2) is 48.2 Å². The second kappa shape index (κ2) is 13.4. The second-order valence-corrected chi connectivity index (χ2v) is 8.49. The monoisotopic (exact) mass is 422 g/mol. The lowest BCUT2D eigenvalue weighted by atomic mass is 9.77. The van der Waals surface area contributed by atoms with Crippen molar-refractivity contribution in [2.45, 2.75) is 89.8 Å². The molecule has 2 bridgehead atoms. The van der Waals surface area contributed by atoms with Gasteiger partial charge in [0.15, 0.2) is 0 Å². The maximum absolute atomic E-state index is 12.1. The van der Waals surface area contributed by atoms with Crippen LogP contribution in [-0.2, 0) is 19.1 Å². The van der Waals surface area contributed by atoms with Crippen LogP contribution in [0, 0.1) is 11.8 Å². The van der Waals surface area contributed by atoms with Gasteiger partial charge in [-0.15, -0.1) is 0 Å². The fraction of sp³-hybridized carbons (Fsp3) is 0.783. The molecule has 2 fully saturated rings. The van der Waals surface area contributed by atoms with Crippen molar-refractivity contribution >= 4 is 17.8 Å². The van der Waals surface area contributed by atoms with Crippen LogP contribution in [0.1, 0.15) is 77.6 Å². The quantitative estimate of drug-likeness (QED) is 0.278. The van der Waals surface area contributed by atoms with E-state index in [0.29, 0.717) is 31.2 Å². The van der Waals surface area contributed by atoms with Crippen LogP contribution in [0.4, 0.5) is 0 Å². The van der Waals surface area contributed by atoms with E-state index in [0.717, 1.165) is 51.4 Å². The molecule has 0 unspecified atom stereocenters. The Morgan fingerprint density at radius 2 is 1.67 bits per heavy atom. The van der Waals surface area contributed by atoms with Crippen molar-refractivity contribution in [3.63, 3.8) is 0 Å². The molecule has 0 aromatic carbocycles. The molecule has 7 nitrogen and oxygen atoms in total. The van der Waals surface area contributed by atoms with Crippen LogP contribution in [0.5, 0.6) is 0 Å². The van der Waals surface area contributed by atoms with E-state index >= 15 is 0 Å². The van der Waals surface area contributed by atoms with Crippen molar-refractivity contribution in [3.05, 3.63) is 12.2 Å². The van der Waals surface area contributed by atoms with Crippen LogP contribution in [0.3, 0.4) is 0 Å². The van der Waals surface area contributed by atoms with Gasteiger partial charge in [0.25, 0.3) is 0 Å². The standard InChI is InChI=1S/C23H38N2O5/c1-2-3-7-11-21(26)25-16-22(27)24-15-18-17(19-13-14-20(18)30-19)10-8-5-4-6-9-12-23(28)29/h4-5,17-20H,2-3,6-16H2,1H3,(H,24,27)(H,25,26)(H,28,29)/t17-,18+,19-,20+/m0/s1. The molecule has 2 heterocycles. The Morgan fingerprint density at radius 3 is 2.40 bits per heavy atom. The third-order valence-electron chi connectivity index (χ3n) is 6.17. The fourth-order valence-electron chi connectivity index (χ4n) is 4.55. The molecule has 2 saturated heterocycles. The number of carboxylic acids is 1. The highest BCUT2D eigenvalue weighted by Crippen LogP contribution is 2.45. The number of ether oxygens (including phenoxy) is 1. The highest BCUT2D eigenvalue weighted by Gasteiger charge is 2.48. The number of nitrogens with one attached hydrogen (secondary N) is 2.